The molecule has 3 aromatic carbocycles. The number of rotatable bonds is 9. The molecule has 6 rings (SSSR count). The summed E-state index contributed by atoms with van der Waals surface area (Å²) < 4.78 is 20.7. The van der Waals surface area contributed by atoms with E-state index in [2.05, 4.69) is 4.57 Å². The van der Waals surface area contributed by atoms with Crippen LogP contribution < -0.4 is 24.4 Å². The number of nitrogens with zero attached hydrogens (tertiary/aromatic N) is 4. The number of nitro groups is 1. The van der Waals surface area contributed by atoms with Crippen molar-refractivity contribution < 1.29 is 23.9 Å². The molecule has 0 N–H and O–H groups in total. The van der Waals surface area contributed by atoms with Crippen molar-refractivity contribution >= 4 is 40.0 Å². The van der Waals surface area contributed by atoms with Crippen LogP contribution in [0.2, 0.25) is 0 Å². The van der Waals surface area contributed by atoms with E-state index in [1.807, 2.05) is 37.3 Å². The Morgan fingerprint density at radius 3 is 2.49 bits per heavy atom. The predicted octanol–water partition coefficient (Wildman–Crippen LogP) is 5.04. The monoisotopic (exact) mass is 652 g/mol. The molecule has 0 amide bonds. The Kier molecular flexibility index (Phi) is 8.52. The van der Waals surface area contributed by atoms with Gasteiger partial charge in [0.1, 0.15) is 17.5 Å². The summed E-state index contributed by atoms with van der Waals surface area (Å²) in [6.45, 7) is 6.09. The van der Waals surface area contributed by atoms with Crippen molar-refractivity contribution in [3.63, 3.8) is 0 Å². The molecule has 0 bridgehead atoms. The van der Waals surface area contributed by atoms with E-state index in [1.54, 1.807) is 51.3 Å². The maximum Gasteiger partial charge on any atom is 0.338 e. The SMILES string of the molecule is CCOC(=O)C1=C(C)N=c2s/c(=C\c3c(C)n(Cc4ccc([N+](=O)[O-])cc4)c4ccccc34)c(=O)n2[C@H]1c1cc(OC)ccc1OC. The standard InChI is InChI=1S/C35H32N4O7S/c1-6-46-34(41)31-20(2)36-35-38(32(31)27-17-24(44-4)15-16-29(27)45-5)33(40)30(47-35)18-26-21(3)37(28-10-8-7-9-25(26)28)19-22-11-13-23(14-12-22)39(42)43/h7-18,32H,6,19H2,1-5H3/b30-18-/t32-/m0/s1. The van der Waals surface area contributed by atoms with Gasteiger partial charge in [0.25, 0.3) is 11.2 Å². The molecule has 1 aliphatic heterocycles. The van der Waals surface area contributed by atoms with Gasteiger partial charge in [-0.15, -0.1) is 0 Å². The highest BCUT2D eigenvalue weighted by Gasteiger charge is 2.35. The molecule has 0 spiro atoms. The molecular weight excluding hydrogens is 620 g/mol. The number of hydrogen-bond acceptors (Lipinski definition) is 9. The van der Waals surface area contributed by atoms with Crippen molar-refractivity contribution in [2.75, 3.05) is 20.8 Å². The van der Waals surface area contributed by atoms with Gasteiger partial charge < -0.3 is 18.8 Å². The zero-order valence-electron chi connectivity index (χ0n) is 26.5. The van der Waals surface area contributed by atoms with Gasteiger partial charge in [-0.3, -0.25) is 19.5 Å². The van der Waals surface area contributed by atoms with Crippen LogP contribution in [0.15, 0.2) is 87.8 Å². The van der Waals surface area contributed by atoms with Crippen LogP contribution in [-0.2, 0) is 16.1 Å². The molecule has 11 nitrogen and oxygen atoms in total. The first-order valence-corrected chi connectivity index (χ1v) is 15.7. The first kappa shape index (κ1) is 31.5. The minimum Gasteiger partial charge on any atom is -0.497 e. The number of fused-ring (bicyclic) bond motifs is 2. The number of carbonyl (C=O) groups is 1. The first-order valence-electron chi connectivity index (χ1n) is 14.9. The van der Waals surface area contributed by atoms with E-state index in [0.717, 1.165) is 27.7 Å². The van der Waals surface area contributed by atoms with Crippen LogP contribution in [0, 0.1) is 17.0 Å². The smallest absolute Gasteiger partial charge is 0.338 e. The lowest BCUT2D eigenvalue weighted by atomic mass is 9.94. The normalized spacial score (nSPS) is 14.6. The third-order valence-corrected chi connectivity index (χ3v) is 9.27. The maximum absolute atomic E-state index is 14.4. The minimum absolute atomic E-state index is 0.0325. The number of non-ortho nitro benzene ring substituents is 1. The van der Waals surface area contributed by atoms with Crippen LogP contribution in [0.1, 0.15) is 42.3 Å². The summed E-state index contributed by atoms with van der Waals surface area (Å²) in [7, 11) is 3.08. The summed E-state index contributed by atoms with van der Waals surface area (Å²) in [5.41, 5.74) is 4.62. The fourth-order valence-electron chi connectivity index (χ4n) is 6.02. The summed E-state index contributed by atoms with van der Waals surface area (Å²) in [6, 6.07) is 18.8. The van der Waals surface area contributed by atoms with E-state index >= 15 is 0 Å². The van der Waals surface area contributed by atoms with Gasteiger partial charge in [0.15, 0.2) is 4.80 Å². The van der Waals surface area contributed by atoms with Crippen molar-refractivity contribution in [3.05, 3.63) is 130 Å². The molecule has 0 radical (unpaired) electrons. The number of nitro benzene ring substituents is 1. The van der Waals surface area contributed by atoms with E-state index in [-0.39, 0.29) is 23.4 Å². The average molecular weight is 653 g/mol. The van der Waals surface area contributed by atoms with Gasteiger partial charge in [-0.25, -0.2) is 9.79 Å². The molecule has 240 valence electrons. The highest BCUT2D eigenvalue weighted by Crippen LogP contribution is 2.38. The lowest BCUT2D eigenvalue weighted by Gasteiger charge is -2.26. The number of esters is 1. The highest BCUT2D eigenvalue weighted by molar-refractivity contribution is 7.07. The lowest BCUT2D eigenvalue weighted by molar-refractivity contribution is -0.384. The maximum atomic E-state index is 14.4. The van der Waals surface area contributed by atoms with Gasteiger partial charge in [0, 0.05) is 46.4 Å². The van der Waals surface area contributed by atoms with Crippen molar-refractivity contribution in [1.29, 1.82) is 0 Å². The molecule has 1 atom stereocenters. The number of allylic oxidation sites excluding steroid dienone is 1. The number of hydrogen-bond donors (Lipinski definition) is 0. The molecule has 47 heavy (non-hydrogen) atoms. The van der Waals surface area contributed by atoms with Gasteiger partial charge in [0.2, 0.25) is 0 Å². The number of methoxy groups -OCH3 is 2. The van der Waals surface area contributed by atoms with Crippen molar-refractivity contribution in [2.45, 2.75) is 33.4 Å². The molecule has 12 heteroatoms. The van der Waals surface area contributed by atoms with E-state index in [0.29, 0.717) is 38.6 Å². The van der Waals surface area contributed by atoms with Crippen LogP contribution in [0.3, 0.4) is 0 Å². The van der Waals surface area contributed by atoms with Crippen LogP contribution in [-0.4, -0.2) is 40.9 Å². The van der Waals surface area contributed by atoms with Gasteiger partial charge in [0.05, 0.1) is 41.6 Å². The summed E-state index contributed by atoms with van der Waals surface area (Å²) in [4.78, 5) is 43.7. The van der Waals surface area contributed by atoms with Gasteiger partial charge in [-0.1, -0.05) is 41.7 Å². The third-order valence-electron chi connectivity index (χ3n) is 8.29. The van der Waals surface area contributed by atoms with Gasteiger partial charge in [-0.05, 0) is 56.7 Å². The molecule has 3 heterocycles. The van der Waals surface area contributed by atoms with E-state index in [4.69, 9.17) is 19.2 Å². The zero-order valence-corrected chi connectivity index (χ0v) is 27.3. The third kappa shape index (κ3) is 5.61. The fourth-order valence-corrected chi connectivity index (χ4v) is 7.05. The number of para-hydroxylation sites is 1. The van der Waals surface area contributed by atoms with Crippen molar-refractivity contribution in [3.8, 4) is 11.5 Å². The Bertz CT molecular complexity index is 2260. The molecule has 2 aromatic heterocycles. The summed E-state index contributed by atoms with van der Waals surface area (Å²) in [5, 5.41) is 12.1. The number of carbonyl (C=O) groups excluding carboxylic acids is 1. The topological polar surface area (TPSA) is 127 Å². The molecule has 0 saturated carbocycles. The van der Waals surface area contributed by atoms with Crippen molar-refractivity contribution in [1.82, 2.24) is 9.13 Å². The largest absolute Gasteiger partial charge is 0.497 e. The number of aromatic nitrogens is 2. The second-order valence-corrected chi connectivity index (χ2v) is 11.9. The Balaban J connectivity index is 1.54. The van der Waals surface area contributed by atoms with E-state index in [1.165, 1.54) is 35.1 Å². The van der Waals surface area contributed by atoms with Crippen LogP contribution in [0.25, 0.3) is 17.0 Å². The van der Waals surface area contributed by atoms with Crippen molar-refractivity contribution in [2.24, 2.45) is 4.99 Å². The second kappa shape index (κ2) is 12.7. The number of thiazole rings is 1. The molecule has 1 aliphatic rings. The molecule has 0 saturated heterocycles. The summed E-state index contributed by atoms with van der Waals surface area (Å²) >= 11 is 1.24. The Hall–Kier alpha value is -5.49. The number of benzene rings is 3. The van der Waals surface area contributed by atoms with Crippen LogP contribution in [0.4, 0.5) is 5.69 Å². The summed E-state index contributed by atoms with van der Waals surface area (Å²) in [5.74, 6) is 0.451. The van der Waals surface area contributed by atoms with Gasteiger partial charge in [-0.2, -0.15) is 0 Å². The average Bonchev–Trinajstić information content (AvgIpc) is 3.52. The molecule has 5 aromatic rings. The summed E-state index contributed by atoms with van der Waals surface area (Å²) in [6.07, 6.45) is 1.87. The minimum atomic E-state index is -0.873. The van der Waals surface area contributed by atoms with E-state index in [9.17, 15) is 19.7 Å². The van der Waals surface area contributed by atoms with Crippen LogP contribution in [0.5, 0.6) is 11.5 Å². The fraction of sp³-hybridized carbons (Fsp3) is 0.229. The Labute approximate surface area is 273 Å². The number of ether oxygens (including phenoxy) is 3. The Morgan fingerprint density at radius 2 is 1.81 bits per heavy atom. The molecule has 0 unspecified atom stereocenters. The first-order chi connectivity index (χ1) is 22.7. The second-order valence-electron chi connectivity index (χ2n) is 10.9. The molecule has 0 aliphatic carbocycles. The highest BCUT2D eigenvalue weighted by atomic mass is 32.1. The predicted molar refractivity (Wildman–Crippen MR) is 179 cm³/mol. The molecule has 0 fully saturated rings. The van der Waals surface area contributed by atoms with E-state index < -0.39 is 16.9 Å². The molecular formula is C35H32N4O7S. The lowest BCUT2D eigenvalue weighted by Crippen LogP contribution is -2.40. The van der Waals surface area contributed by atoms with Gasteiger partial charge >= 0.3 is 5.97 Å². The zero-order chi connectivity index (χ0) is 33.4. The van der Waals surface area contributed by atoms with Crippen LogP contribution >= 0.6 is 11.3 Å². The quantitative estimate of drug-likeness (QED) is 0.124. The Morgan fingerprint density at radius 1 is 1.06 bits per heavy atom.